The highest BCUT2D eigenvalue weighted by Gasteiger charge is 2.08. The first-order chi connectivity index (χ1) is 13.4. The van der Waals surface area contributed by atoms with Gasteiger partial charge in [-0.1, -0.05) is 0 Å². The van der Waals surface area contributed by atoms with Crippen molar-refractivity contribution in [3.05, 3.63) is 54.1 Å². The Morgan fingerprint density at radius 3 is 1.82 bits per heavy atom. The average molecular weight is 417 g/mol. The lowest BCUT2D eigenvalue weighted by Crippen LogP contribution is -2.34. The molecule has 28 heavy (non-hydrogen) atoms. The molecule has 0 saturated heterocycles. The standard InChI is InChI=1S/C19H20N4O3S2/c1-3-26-16-10-4-13(5-11-16)17(25)23-19(28)22-15-8-6-14(7-9-15)21-18(27)20-12(2)24/h4-11H,3H2,1-2H3,(H2,20,21,24,27)(H2,22,23,25,28). The van der Waals surface area contributed by atoms with Crippen LogP contribution in [0.3, 0.4) is 0 Å². The van der Waals surface area contributed by atoms with Gasteiger partial charge in [-0.05, 0) is 79.9 Å². The fraction of sp³-hybridized carbons (Fsp3) is 0.158. The predicted molar refractivity (Wildman–Crippen MR) is 118 cm³/mol. The van der Waals surface area contributed by atoms with Gasteiger partial charge in [0, 0.05) is 23.9 Å². The van der Waals surface area contributed by atoms with E-state index >= 15 is 0 Å². The molecule has 0 atom stereocenters. The number of rotatable bonds is 5. The summed E-state index contributed by atoms with van der Waals surface area (Å²) in [6.07, 6.45) is 0. The minimum absolute atomic E-state index is 0.174. The highest BCUT2D eigenvalue weighted by Crippen LogP contribution is 2.14. The molecule has 7 nitrogen and oxygen atoms in total. The monoisotopic (exact) mass is 416 g/mol. The molecule has 0 radical (unpaired) electrons. The van der Waals surface area contributed by atoms with E-state index in [2.05, 4.69) is 21.3 Å². The number of hydrogen-bond acceptors (Lipinski definition) is 5. The third-order valence-electron chi connectivity index (χ3n) is 3.34. The van der Waals surface area contributed by atoms with Crippen molar-refractivity contribution in [2.45, 2.75) is 13.8 Å². The largest absolute Gasteiger partial charge is 0.494 e. The Morgan fingerprint density at radius 1 is 0.857 bits per heavy atom. The molecule has 2 aromatic rings. The molecule has 0 heterocycles. The summed E-state index contributed by atoms with van der Waals surface area (Å²) in [7, 11) is 0. The Labute approximate surface area is 173 Å². The van der Waals surface area contributed by atoms with Crippen molar-refractivity contribution in [3.8, 4) is 5.75 Å². The van der Waals surface area contributed by atoms with Crippen molar-refractivity contribution in [1.29, 1.82) is 0 Å². The molecule has 0 unspecified atom stereocenters. The fourth-order valence-corrected chi connectivity index (χ4v) is 2.64. The maximum Gasteiger partial charge on any atom is 0.257 e. The molecule has 9 heteroatoms. The second-order valence-electron chi connectivity index (χ2n) is 5.58. The average Bonchev–Trinajstić information content (AvgIpc) is 2.63. The Morgan fingerprint density at radius 2 is 1.36 bits per heavy atom. The van der Waals surface area contributed by atoms with Crippen molar-refractivity contribution in [2.75, 3.05) is 17.2 Å². The van der Waals surface area contributed by atoms with Crippen LogP contribution in [-0.2, 0) is 4.79 Å². The molecule has 2 amide bonds. The zero-order chi connectivity index (χ0) is 20.5. The summed E-state index contributed by atoms with van der Waals surface area (Å²) in [4.78, 5) is 23.2. The van der Waals surface area contributed by atoms with Gasteiger partial charge < -0.3 is 20.7 Å². The molecule has 0 aliphatic heterocycles. The van der Waals surface area contributed by atoms with E-state index in [-0.39, 0.29) is 22.0 Å². The molecular weight excluding hydrogens is 396 g/mol. The second-order valence-corrected chi connectivity index (χ2v) is 6.39. The summed E-state index contributed by atoms with van der Waals surface area (Å²) in [5.74, 6) is 0.135. The molecule has 0 spiro atoms. The van der Waals surface area contributed by atoms with Crippen LogP contribution in [-0.4, -0.2) is 28.6 Å². The molecule has 0 saturated carbocycles. The molecule has 2 aromatic carbocycles. The Kier molecular flexibility index (Phi) is 7.85. The van der Waals surface area contributed by atoms with E-state index in [1.54, 1.807) is 48.5 Å². The van der Waals surface area contributed by atoms with Crippen molar-refractivity contribution in [3.63, 3.8) is 0 Å². The molecule has 0 fully saturated rings. The van der Waals surface area contributed by atoms with Crippen LogP contribution in [0.4, 0.5) is 11.4 Å². The number of amides is 2. The first-order valence-corrected chi connectivity index (χ1v) is 9.23. The smallest absolute Gasteiger partial charge is 0.257 e. The quantitative estimate of drug-likeness (QED) is 0.557. The number of thiocarbonyl (C=S) groups is 2. The van der Waals surface area contributed by atoms with E-state index < -0.39 is 0 Å². The van der Waals surface area contributed by atoms with E-state index in [0.29, 0.717) is 29.3 Å². The van der Waals surface area contributed by atoms with Crippen LogP contribution >= 0.6 is 24.4 Å². The number of nitrogens with one attached hydrogen (secondary N) is 4. The number of carbonyl (C=O) groups excluding carboxylic acids is 2. The fourth-order valence-electron chi connectivity index (χ4n) is 2.17. The van der Waals surface area contributed by atoms with Gasteiger partial charge in [0.25, 0.3) is 5.91 Å². The minimum Gasteiger partial charge on any atom is -0.494 e. The van der Waals surface area contributed by atoms with Crippen molar-refractivity contribution < 1.29 is 14.3 Å². The summed E-state index contributed by atoms with van der Waals surface area (Å²) < 4.78 is 5.35. The van der Waals surface area contributed by atoms with Crippen LogP contribution in [0.25, 0.3) is 0 Å². The lowest BCUT2D eigenvalue weighted by atomic mass is 10.2. The number of ether oxygens (including phenoxy) is 1. The molecule has 0 aromatic heterocycles. The van der Waals surface area contributed by atoms with Crippen LogP contribution in [0.5, 0.6) is 5.75 Å². The van der Waals surface area contributed by atoms with Gasteiger partial charge in [-0.15, -0.1) is 0 Å². The Balaban J connectivity index is 1.87. The maximum atomic E-state index is 12.2. The zero-order valence-electron chi connectivity index (χ0n) is 15.4. The van der Waals surface area contributed by atoms with Gasteiger partial charge in [0.15, 0.2) is 10.2 Å². The van der Waals surface area contributed by atoms with Gasteiger partial charge in [-0.3, -0.25) is 14.9 Å². The van der Waals surface area contributed by atoms with Crippen molar-refractivity contribution >= 4 is 57.8 Å². The number of hydrogen-bond donors (Lipinski definition) is 4. The Hall–Kier alpha value is -3.04. The first kappa shape index (κ1) is 21.3. The van der Waals surface area contributed by atoms with Gasteiger partial charge in [-0.25, -0.2) is 0 Å². The highest BCUT2D eigenvalue weighted by molar-refractivity contribution is 7.80. The lowest BCUT2D eigenvalue weighted by molar-refractivity contribution is -0.117. The topological polar surface area (TPSA) is 91.5 Å². The molecule has 146 valence electrons. The van der Waals surface area contributed by atoms with Crippen LogP contribution in [0.1, 0.15) is 24.2 Å². The van der Waals surface area contributed by atoms with Crippen LogP contribution < -0.4 is 26.0 Å². The predicted octanol–water partition coefficient (Wildman–Crippen LogP) is 3.05. The first-order valence-electron chi connectivity index (χ1n) is 8.41. The van der Waals surface area contributed by atoms with Crippen LogP contribution in [0.15, 0.2) is 48.5 Å². The molecule has 0 aliphatic carbocycles. The van der Waals surface area contributed by atoms with Gasteiger partial charge in [0.1, 0.15) is 5.75 Å². The van der Waals surface area contributed by atoms with Crippen molar-refractivity contribution in [2.24, 2.45) is 0 Å². The normalized spacial score (nSPS) is 9.79. The molecule has 0 bridgehead atoms. The van der Waals surface area contributed by atoms with E-state index in [9.17, 15) is 9.59 Å². The third-order valence-corrected chi connectivity index (χ3v) is 3.75. The molecule has 4 N–H and O–H groups in total. The maximum absolute atomic E-state index is 12.2. The van der Waals surface area contributed by atoms with Crippen LogP contribution in [0, 0.1) is 0 Å². The molecule has 2 rings (SSSR count). The van der Waals surface area contributed by atoms with Gasteiger partial charge in [0.05, 0.1) is 6.61 Å². The van der Waals surface area contributed by atoms with E-state index in [0.717, 1.165) is 0 Å². The lowest BCUT2D eigenvalue weighted by Gasteiger charge is -2.12. The van der Waals surface area contributed by atoms with Crippen LogP contribution in [0.2, 0.25) is 0 Å². The van der Waals surface area contributed by atoms with Crippen molar-refractivity contribution in [1.82, 2.24) is 10.6 Å². The van der Waals surface area contributed by atoms with Gasteiger partial charge in [-0.2, -0.15) is 0 Å². The number of anilines is 2. The van der Waals surface area contributed by atoms with E-state index in [1.165, 1.54) is 6.92 Å². The number of benzene rings is 2. The molecular formula is C19H20N4O3S2. The third kappa shape index (κ3) is 6.93. The summed E-state index contributed by atoms with van der Waals surface area (Å²) in [6.45, 7) is 3.83. The zero-order valence-corrected chi connectivity index (χ0v) is 17.0. The number of carbonyl (C=O) groups is 2. The second kappa shape index (κ2) is 10.3. The van der Waals surface area contributed by atoms with E-state index in [4.69, 9.17) is 29.2 Å². The van der Waals surface area contributed by atoms with E-state index in [1.807, 2.05) is 6.92 Å². The van der Waals surface area contributed by atoms with Gasteiger partial charge in [0.2, 0.25) is 5.91 Å². The van der Waals surface area contributed by atoms with Gasteiger partial charge >= 0.3 is 0 Å². The minimum atomic E-state index is -0.320. The SMILES string of the molecule is CCOc1ccc(C(=O)NC(=S)Nc2ccc(NC(=S)NC(C)=O)cc2)cc1. The molecule has 0 aliphatic rings. The summed E-state index contributed by atoms with van der Waals surface area (Å²) in [5.41, 5.74) is 1.86. The summed E-state index contributed by atoms with van der Waals surface area (Å²) >= 11 is 10.2. The Bertz CT molecular complexity index is 868. The summed E-state index contributed by atoms with van der Waals surface area (Å²) in [5, 5.41) is 11.3. The summed E-state index contributed by atoms with van der Waals surface area (Å²) in [6, 6.07) is 13.8. The highest BCUT2D eigenvalue weighted by atomic mass is 32.1.